The van der Waals surface area contributed by atoms with Crippen molar-refractivity contribution in [2.75, 3.05) is 43.3 Å². The van der Waals surface area contributed by atoms with Gasteiger partial charge in [0, 0.05) is 29.9 Å². The molecule has 0 radical (unpaired) electrons. The van der Waals surface area contributed by atoms with Crippen molar-refractivity contribution in [2.45, 2.75) is 13.8 Å². The van der Waals surface area contributed by atoms with E-state index in [0.717, 1.165) is 43.1 Å². The standard InChI is InChI=1S/C24H25ClN4O4/c1-16-3-8-20(14-22(16)29(30)31)33-15-26-24-17(2)13-21(25)23(27-24)18-4-6-19(7-5-18)28-9-11-32-12-10-28/h3-8,13-14H,9-12,15H2,1-2H3,(H,26,27). The van der Waals surface area contributed by atoms with Crippen LogP contribution in [0.3, 0.4) is 0 Å². The van der Waals surface area contributed by atoms with Crippen molar-refractivity contribution in [3.8, 4) is 17.0 Å². The van der Waals surface area contributed by atoms with Gasteiger partial charge in [-0.1, -0.05) is 23.7 Å². The first-order valence-electron chi connectivity index (χ1n) is 10.6. The van der Waals surface area contributed by atoms with Crippen LogP contribution in [0.4, 0.5) is 17.2 Å². The molecule has 1 aromatic heterocycles. The van der Waals surface area contributed by atoms with Crippen LogP contribution in [0.5, 0.6) is 5.75 Å². The summed E-state index contributed by atoms with van der Waals surface area (Å²) in [6.45, 7) is 6.92. The number of rotatable bonds is 7. The minimum atomic E-state index is -0.420. The van der Waals surface area contributed by atoms with Crippen molar-refractivity contribution in [1.82, 2.24) is 4.98 Å². The zero-order valence-corrected chi connectivity index (χ0v) is 19.3. The smallest absolute Gasteiger partial charge is 0.276 e. The van der Waals surface area contributed by atoms with Gasteiger partial charge in [0.1, 0.15) is 11.6 Å². The number of nitro benzene ring substituents is 1. The number of aromatic nitrogens is 1. The Morgan fingerprint density at radius 1 is 1.12 bits per heavy atom. The number of pyridine rings is 1. The van der Waals surface area contributed by atoms with E-state index >= 15 is 0 Å². The maximum atomic E-state index is 11.1. The Morgan fingerprint density at radius 3 is 2.55 bits per heavy atom. The molecule has 4 rings (SSSR count). The van der Waals surface area contributed by atoms with E-state index in [1.54, 1.807) is 19.1 Å². The van der Waals surface area contributed by atoms with Crippen molar-refractivity contribution >= 4 is 28.8 Å². The number of nitrogens with zero attached hydrogens (tertiary/aromatic N) is 3. The summed E-state index contributed by atoms with van der Waals surface area (Å²) in [6, 6.07) is 14.8. The van der Waals surface area contributed by atoms with Crippen molar-refractivity contribution in [1.29, 1.82) is 0 Å². The van der Waals surface area contributed by atoms with Crippen LogP contribution >= 0.6 is 11.6 Å². The molecule has 1 aliphatic heterocycles. The van der Waals surface area contributed by atoms with Gasteiger partial charge in [-0.2, -0.15) is 0 Å². The summed E-state index contributed by atoms with van der Waals surface area (Å²) >= 11 is 6.50. The Hall–Kier alpha value is -3.36. The van der Waals surface area contributed by atoms with Gasteiger partial charge in [0.25, 0.3) is 5.69 Å². The molecule has 0 spiro atoms. The lowest BCUT2D eigenvalue weighted by atomic mass is 10.1. The van der Waals surface area contributed by atoms with Crippen LogP contribution in [0.25, 0.3) is 11.3 Å². The van der Waals surface area contributed by atoms with Gasteiger partial charge in [-0.25, -0.2) is 4.98 Å². The molecular formula is C24H25ClN4O4. The first-order chi connectivity index (χ1) is 15.9. The molecule has 8 nitrogen and oxygen atoms in total. The molecule has 0 aliphatic carbocycles. The fraction of sp³-hybridized carbons (Fsp3) is 0.292. The van der Waals surface area contributed by atoms with Crippen molar-refractivity contribution in [3.05, 3.63) is 74.8 Å². The summed E-state index contributed by atoms with van der Waals surface area (Å²) in [7, 11) is 0. The number of benzene rings is 2. The molecule has 2 aromatic carbocycles. The van der Waals surface area contributed by atoms with E-state index in [9.17, 15) is 10.1 Å². The second-order valence-corrected chi connectivity index (χ2v) is 8.21. The molecule has 2 heterocycles. The number of hydrogen-bond acceptors (Lipinski definition) is 7. The largest absolute Gasteiger partial charge is 0.473 e. The van der Waals surface area contributed by atoms with Crippen LogP contribution in [0, 0.1) is 24.0 Å². The summed E-state index contributed by atoms with van der Waals surface area (Å²) in [5.74, 6) is 1.04. The predicted octanol–water partition coefficient (Wildman–Crippen LogP) is 5.21. The first-order valence-corrected chi connectivity index (χ1v) is 11.0. The second-order valence-electron chi connectivity index (χ2n) is 7.80. The number of nitro groups is 1. The minimum absolute atomic E-state index is 0.0242. The van der Waals surface area contributed by atoms with Crippen LogP contribution in [0.2, 0.25) is 5.02 Å². The van der Waals surface area contributed by atoms with Gasteiger partial charge in [-0.15, -0.1) is 0 Å². The second kappa shape index (κ2) is 10.1. The summed E-state index contributed by atoms with van der Waals surface area (Å²) < 4.78 is 11.1. The minimum Gasteiger partial charge on any atom is -0.473 e. The number of nitrogens with one attached hydrogen (secondary N) is 1. The molecular weight excluding hydrogens is 444 g/mol. The number of halogens is 1. The van der Waals surface area contributed by atoms with Gasteiger partial charge in [-0.3, -0.25) is 10.1 Å². The summed E-state index contributed by atoms with van der Waals surface area (Å²) in [5.41, 5.74) is 4.20. The van der Waals surface area contributed by atoms with Crippen LogP contribution in [-0.2, 0) is 4.74 Å². The monoisotopic (exact) mass is 468 g/mol. The normalized spacial score (nSPS) is 13.6. The topological polar surface area (TPSA) is 89.8 Å². The average Bonchev–Trinajstić information content (AvgIpc) is 2.82. The zero-order chi connectivity index (χ0) is 23.4. The van der Waals surface area contributed by atoms with Gasteiger partial charge in [0.15, 0.2) is 6.73 Å². The summed E-state index contributed by atoms with van der Waals surface area (Å²) in [4.78, 5) is 17.7. The molecule has 1 saturated heterocycles. The number of ether oxygens (including phenoxy) is 2. The number of aryl methyl sites for hydroxylation is 2. The molecule has 0 unspecified atom stereocenters. The Bertz CT molecular complexity index is 1150. The van der Waals surface area contributed by atoms with Crippen LogP contribution in [-0.4, -0.2) is 42.9 Å². The van der Waals surface area contributed by atoms with Gasteiger partial charge >= 0.3 is 0 Å². The molecule has 1 aliphatic rings. The molecule has 172 valence electrons. The van der Waals surface area contributed by atoms with E-state index in [1.165, 1.54) is 6.07 Å². The van der Waals surface area contributed by atoms with E-state index in [0.29, 0.717) is 27.8 Å². The van der Waals surface area contributed by atoms with Crippen LogP contribution in [0.1, 0.15) is 11.1 Å². The molecule has 3 aromatic rings. The third kappa shape index (κ3) is 5.35. The molecule has 0 bridgehead atoms. The number of morpholine rings is 1. The summed E-state index contributed by atoms with van der Waals surface area (Å²) in [5, 5.41) is 14.8. The first kappa shape index (κ1) is 22.8. The van der Waals surface area contributed by atoms with E-state index in [2.05, 4.69) is 22.3 Å². The van der Waals surface area contributed by atoms with Gasteiger partial charge in [-0.05, 0) is 49.7 Å². The molecule has 0 amide bonds. The van der Waals surface area contributed by atoms with E-state index in [4.69, 9.17) is 26.1 Å². The lowest BCUT2D eigenvalue weighted by molar-refractivity contribution is -0.385. The Kier molecular flexibility index (Phi) is 6.96. The Labute approximate surface area is 197 Å². The molecule has 9 heteroatoms. The lowest BCUT2D eigenvalue weighted by Crippen LogP contribution is -2.36. The molecule has 33 heavy (non-hydrogen) atoms. The predicted molar refractivity (Wildman–Crippen MR) is 129 cm³/mol. The SMILES string of the molecule is Cc1ccc(OCNc2nc(-c3ccc(N4CCOCC4)cc3)c(Cl)cc2C)cc1[N+](=O)[O-]. The average molecular weight is 469 g/mol. The molecule has 0 atom stereocenters. The third-order valence-electron chi connectivity index (χ3n) is 5.54. The maximum absolute atomic E-state index is 11.1. The van der Waals surface area contributed by atoms with E-state index in [1.807, 2.05) is 25.1 Å². The molecule has 1 N–H and O–H groups in total. The third-order valence-corrected chi connectivity index (χ3v) is 5.83. The Morgan fingerprint density at radius 2 is 1.85 bits per heavy atom. The van der Waals surface area contributed by atoms with Crippen molar-refractivity contribution in [2.24, 2.45) is 0 Å². The maximum Gasteiger partial charge on any atom is 0.276 e. The van der Waals surface area contributed by atoms with Gasteiger partial charge in [0.05, 0.1) is 34.9 Å². The summed E-state index contributed by atoms with van der Waals surface area (Å²) in [6.07, 6.45) is 0. The molecule has 1 fully saturated rings. The lowest BCUT2D eigenvalue weighted by Gasteiger charge is -2.28. The van der Waals surface area contributed by atoms with Crippen molar-refractivity contribution < 1.29 is 14.4 Å². The highest BCUT2D eigenvalue weighted by molar-refractivity contribution is 6.33. The zero-order valence-electron chi connectivity index (χ0n) is 18.5. The quantitative estimate of drug-likeness (QED) is 0.289. The number of anilines is 2. The van der Waals surface area contributed by atoms with Crippen LogP contribution < -0.4 is 15.0 Å². The fourth-order valence-electron chi connectivity index (χ4n) is 3.68. The molecule has 0 saturated carbocycles. The van der Waals surface area contributed by atoms with E-state index < -0.39 is 4.92 Å². The highest BCUT2D eigenvalue weighted by Crippen LogP contribution is 2.31. The van der Waals surface area contributed by atoms with Crippen LogP contribution in [0.15, 0.2) is 48.5 Å². The van der Waals surface area contributed by atoms with Gasteiger partial charge < -0.3 is 19.7 Å². The Balaban J connectivity index is 1.47. The fourth-order valence-corrected chi connectivity index (χ4v) is 3.99. The highest BCUT2D eigenvalue weighted by Gasteiger charge is 2.14. The van der Waals surface area contributed by atoms with Crippen molar-refractivity contribution in [3.63, 3.8) is 0 Å². The van der Waals surface area contributed by atoms with E-state index in [-0.39, 0.29) is 12.4 Å². The number of hydrogen-bond donors (Lipinski definition) is 1. The van der Waals surface area contributed by atoms with Gasteiger partial charge in [0.2, 0.25) is 0 Å². The highest BCUT2D eigenvalue weighted by atomic mass is 35.5.